The first kappa shape index (κ1) is 13.7. The molecule has 1 amide bonds. The fourth-order valence-corrected chi connectivity index (χ4v) is 2.42. The summed E-state index contributed by atoms with van der Waals surface area (Å²) in [4.78, 5) is 11.6. The van der Waals surface area contributed by atoms with Gasteiger partial charge in [-0.3, -0.25) is 9.52 Å². The van der Waals surface area contributed by atoms with Crippen LogP contribution in [0.5, 0.6) is 0 Å². The van der Waals surface area contributed by atoms with Crippen LogP contribution in [-0.2, 0) is 14.8 Å². The molecule has 0 aliphatic carbocycles. The minimum atomic E-state index is -3.56. The average molecular weight is 256 g/mol. The van der Waals surface area contributed by atoms with Gasteiger partial charge < -0.3 is 5.73 Å². The number of benzene rings is 1. The number of sulfonamides is 1. The van der Waals surface area contributed by atoms with E-state index in [-0.39, 0.29) is 5.75 Å². The standard InChI is InChI=1S/C11H16N2O3S/c1-2-8-17(15,16)13-11(14)10(12)9-6-4-3-5-7-9/h3-7,10H,2,8,12H2,1H3,(H,13,14). The molecule has 3 N–H and O–H groups in total. The van der Waals surface area contributed by atoms with E-state index in [1.165, 1.54) is 0 Å². The van der Waals surface area contributed by atoms with Crippen molar-refractivity contribution in [2.24, 2.45) is 5.73 Å². The summed E-state index contributed by atoms with van der Waals surface area (Å²) in [7, 11) is -3.56. The molecule has 1 atom stereocenters. The van der Waals surface area contributed by atoms with E-state index in [0.29, 0.717) is 12.0 Å². The van der Waals surface area contributed by atoms with Crippen molar-refractivity contribution in [3.05, 3.63) is 35.9 Å². The lowest BCUT2D eigenvalue weighted by molar-refractivity contribution is -0.120. The van der Waals surface area contributed by atoms with Gasteiger partial charge in [0.05, 0.1) is 5.75 Å². The SMILES string of the molecule is CCCS(=O)(=O)NC(=O)C(N)c1ccccc1. The number of carbonyl (C=O) groups excluding carboxylic acids is 1. The number of hydrogen-bond acceptors (Lipinski definition) is 4. The van der Waals surface area contributed by atoms with Crippen LogP contribution in [-0.4, -0.2) is 20.1 Å². The Balaban J connectivity index is 2.72. The third kappa shape index (κ3) is 4.16. The molecule has 17 heavy (non-hydrogen) atoms. The van der Waals surface area contributed by atoms with E-state index in [1.54, 1.807) is 37.3 Å². The van der Waals surface area contributed by atoms with Crippen molar-refractivity contribution in [2.75, 3.05) is 5.75 Å². The lowest BCUT2D eigenvalue weighted by atomic mass is 10.1. The number of nitrogens with two attached hydrogens (primary N) is 1. The Morgan fingerprint density at radius 2 is 1.94 bits per heavy atom. The molecule has 94 valence electrons. The Hall–Kier alpha value is -1.40. The van der Waals surface area contributed by atoms with Crippen molar-refractivity contribution in [1.82, 2.24) is 4.72 Å². The largest absolute Gasteiger partial charge is 0.316 e. The molecule has 0 spiro atoms. The number of rotatable bonds is 5. The first-order valence-electron chi connectivity index (χ1n) is 5.31. The predicted octanol–water partition coefficient (Wildman–Crippen LogP) is 0.542. The summed E-state index contributed by atoms with van der Waals surface area (Å²) in [6.45, 7) is 1.72. The van der Waals surface area contributed by atoms with Crippen molar-refractivity contribution < 1.29 is 13.2 Å². The van der Waals surface area contributed by atoms with Gasteiger partial charge in [0.25, 0.3) is 5.91 Å². The maximum atomic E-state index is 11.6. The molecule has 1 unspecified atom stereocenters. The van der Waals surface area contributed by atoms with E-state index >= 15 is 0 Å². The van der Waals surface area contributed by atoms with Crippen LogP contribution in [0.2, 0.25) is 0 Å². The molecule has 1 rings (SSSR count). The highest BCUT2D eigenvalue weighted by Crippen LogP contribution is 2.09. The van der Waals surface area contributed by atoms with E-state index in [9.17, 15) is 13.2 Å². The van der Waals surface area contributed by atoms with E-state index in [0.717, 1.165) is 0 Å². The third-order valence-corrected chi connectivity index (χ3v) is 3.63. The molecule has 1 aromatic rings. The van der Waals surface area contributed by atoms with Gasteiger partial charge in [-0.15, -0.1) is 0 Å². The van der Waals surface area contributed by atoms with Crippen molar-refractivity contribution in [3.8, 4) is 0 Å². The van der Waals surface area contributed by atoms with Crippen LogP contribution < -0.4 is 10.5 Å². The van der Waals surface area contributed by atoms with Crippen molar-refractivity contribution in [2.45, 2.75) is 19.4 Å². The fourth-order valence-electron chi connectivity index (χ4n) is 1.35. The summed E-state index contributed by atoms with van der Waals surface area (Å²) < 4.78 is 24.7. The summed E-state index contributed by atoms with van der Waals surface area (Å²) in [5, 5.41) is 0. The Labute approximate surface area is 101 Å². The minimum Gasteiger partial charge on any atom is -0.316 e. The smallest absolute Gasteiger partial charge is 0.254 e. The van der Waals surface area contributed by atoms with Crippen LogP contribution in [0.4, 0.5) is 0 Å². The topological polar surface area (TPSA) is 89.3 Å². The van der Waals surface area contributed by atoms with Crippen molar-refractivity contribution in [1.29, 1.82) is 0 Å². The van der Waals surface area contributed by atoms with Gasteiger partial charge in [-0.25, -0.2) is 8.42 Å². The average Bonchev–Trinajstić information content (AvgIpc) is 2.28. The quantitative estimate of drug-likeness (QED) is 0.804. The maximum absolute atomic E-state index is 11.6. The van der Waals surface area contributed by atoms with E-state index in [4.69, 9.17) is 5.73 Å². The molecule has 0 saturated heterocycles. The van der Waals surface area contributed by atoms with E-state index in [1.807, 2.05) is 4.72 Å². The van der Waals surface area contributed by atoms with Gasteiger partial charge in [0.1, 0.15) is 6.04 Å². The number of carbonyl (C=O) groups is 1. The first-order chi connectivity index (χ1) is 7.96. The Kier molecular flexibility index (Phi) is 4.65. The second-order valence-electron chi connectivity index (χ2n) is 3.67. The Morgan fingerprint density at radius 3 is 2.47 bits per heavy atom. The highest BCUT2D eigenvalue weighted by molar-refractivity contribution is 7.90. The zero-order chi connectivity index (χ0) is 12.9. The van der Waals surface area contributed by atoms with Crippen LogP contribution in [0, 0.1) is 0 Å². The number of hydrogen-bond donors (Lipinski definition) is 2. The molecule has 0 aliphatic rings. The second-order valence-corrected chi connectivity index (χ2v) is 5.52. The molecule has 0 saturated carbocycles. The van der Waals surface area contributed by atoms with Crippen LogP contribution in [0.1, 0.15) is 24.9 Å². The lowest BCUT2D eigenvalue weighted by Gasteiger charge is -2.12. The molecule has 6 heteroatoms. The van der Waals surface area contributed by atoms with Gasteiger partial charge in [0, 0.05) is 0 Å². The van der Waals surface area contributed by atoms with Gasteiger partial charge in [-0.2, -0.15) is 0 Å². The van der Waals surface area contributed by atoms with Crippen LogP contribution >= 0.6 is 0 Å². The molecule has 0 fully saturated rings. The normalized spacial score (nSPS) is 13.1. The van der Waals surface area contributed by atoms with Gasteiger partial charge in [0.2, 0.25) is 10.0 Å². The highest BCUT2D eigenvalue weighted by Gasteiger charge is 2.20. The minimum absolute atomic E-state index is 0.0831. The summed E-state index contributed by atoms with van der Waals surface area (Å²) >= 11 is 0. The first-order valence-corrected chi connectivity index (χ1v) is 6.96. The van der Waals surface area contributed by atoms with Gasteiger partial charge in [0.15, 0.2) is 0 Å². The summed E-state index contributed by atoms with van der Waals surface area (Å²) in [5.41, 5.74) is 6.25. The van der Waals surface area contributed by atoms with Crippen molar-refractivity contribution in [3.63, 3.8) is 0 Å². The van der Waals surface area contributed by atoms with Crippen LogP contribution in [0.3, 0.4) is 0 Å². The second kappa shape index (κ2) is 5.79. The fraction of sp³-hybridized carbons (Fsp3) is 0.364. The van der Waals surface area contributed by atoms with Gasteiger partial charge in [-0.1, -0.05) is 37.3 Å². The molecule has 0 aromatic heterocycles. The number of amides is 1. The van der Waals surface area contributed by atoms with Crippen molar-refractivity contribution >= 4 is 15.9 Å². The maximum Gasteiger partial charge on any atom is 0.254 e. The molecular formula is C11H16N2O3S. The molecular weight excluding hydrogens is 240 g/mol. The zero-order valence-corrected chi connectivity index (χ0v) is 10.4. The van der Waals surface area contributed by atoms with E-state index < -0.39 is 22.0 Å². The van der Waals surface area contributed by atoms with Crippen LogP contribution in [0.15, 0.2) is 30.3 Å². The predicted molar refractivity (Wildman–Crippen MR) is 65.6 cm³/mol. The summed E-state index contributed by atoms with van der Waals surface area (Å²) in [5.74, 6) is -0.787. The molecule has 5 nitrogen and oxygen atoms in total. The van der Waals surface area contributed by atoms with Gasteiger partial charge in [-0.05, 0) is 12.0 Å². The molecule has 1 aromatic carbocycles. The van der Waals surface area contributed by atoms with Gasteiger partial charge >= 0.3 is 0 Å². The highest BCUT2D eigenvalue weighted by atomic mass is 32.2. The third-order valence-electron chi connectivity index (χ3n) is 2.17. The Bertz CT molecular complexity index is 471. The molecule has 0 radical (unpaired) electrons. The molecule has 0 aliphatic heterocycles. The number of nitrogens with one attached hydrogen (secondary N) is 1. The monoisotopic (exact) mass is 256 g/mol. The Morgan fingerprint density at radius 1 is 1.35 bits per heavy atom. The lowest BCUT2D eigenvalue weighted by Crippen LogP contribution is -2.39. The zero-order valence-electron chi connectivity index (χ0n) is 9.59. The summed E-state index contributed by atoms with van der Waals surface area (Å²) in [6.07, 6.45) is 0.448. The summed E-state index contributed by atoms with van der Waals surface area (Å²) in [6, 6.07) is 7.66. The van der Waals surface area contributed by atoms with Crippen LogP contribution in [0.25, 0.3) is 0 Å². The van der Waals surface area contributed by atoms with E-state index in [2.05, 4.69) is 0 Å². The molecule has 0 heterocycles. The molecule has 0 bridgehead atoms.